The second kappa shape index (κ2) is 4.64. The van der Waals surface area contributed by atoms with Gasteiger partial charge in [0.05, 0.1) is 17.4 Å². The standard InChI is InChI=1S/C14H16N2O3/c17-13(11-6-8-1-2-9(11)5-8)16-12-7-15-4-3-10(12)14(18)19/h3-4,7-9,11H,1-2,5-6H2,(H,16,17)(H,18,19). The average Bonchev–Trinajstić information content (AvgIpc) is 3.01. The number of aromatic nitrogens is 1. The predicted molar refractivity (Wildman–Crippen MR) is 68.8 cm³/mol. The summed E-state index contributed by atoms with van der Waals surface area (Å²) in [4.78, 5) is 27.2. The van der Waals surface area contributed by atoms with Gasteiger partial charge >= 0.3 is 5.97 Å². The van der Waals surface area contributed by atoms with E-state index in [-0.39, 0.29) is 17.4 Å². The highest BCUT2D eigenvalue weighted by atomic mass is 16.4. The Hall–Kier alpha value is -1.91. The van der Waals surface area contributed by atoms with Gasteiger partial charge in [-0.05, 0) is 37.2 Å². The van der Waals surface area contributed by atoms with Gasteiger partial charge in [-0.2, -0.15) is 0 Å². The lowest BCUT2D eigenvalue weighted by atomic mass is 9.88. The van der Waals surface area contributed by atoms with E-state index in [1.165, 1.54) is 24.9 Å². The van der Waals surface area contributed by atoms with Crippen molar-refractivity contribution in [2.75, 3.05) is 5.32 Å². The number of hydrogen-bond donors (Lipinski definition) is 2. The number of hydrogen-bond acceptors (Lipinski definition) is 3. The van der Waals surface area contributed by atoms with Crippen LogP contribution in [0.1, 0.15) is 36.0 Å². The molecule has 0 aromatic carbocycles. The lowest BCUT2D eigenvalue weighted by molar-refractivity contribution is -0.121. The van der Waals surface area contributed by atoms with Gasteiger partial charge in [-0.1, -0.05) is 6.42 Å². The topological polar surface area (TPSA) is 79.3 Å². The van der Waals surface area contributed by atoms with Crippen LogP contribution in [0.3, 0.4) is 0 Å². The molecule has 2 saturated carbocycles. The largest absolute Gasteiger partial charge is 0.478 e. The summed E-state index contributed by atoms with van der Waals surface area (Å²) in [6, 6.07) is 1.40. The highest BCUT2D eigenvalue weighted by Crippen LogP contribution is 2.48. The Kier molecular flexibility index (Phi) is 2.97. The molecule has 19 heavy (non-hydrogen) atoms. The van der Waals surface area contributed by atoms with Crippen LogP contribution in [-0.4, -0.2) is 22.0 Å². The third-order valence-corrected chi connectivity index (χ3v) is 4.38. The molecule has 0 saturated heterocycles. The van der Waals surface area contributed by atoms with Crippen LogP contribution >= 0.6 is 0 Å². The number of amides is 1. The van der Waals surface area contributed by atoms with Gasteiger partial charge in [0.2, 0.25) is 5.91 Å². The summed E-state index contributed by atoms with van der Waals surface area (Å²) in [7, 11) is 0. The molecule has 3 atom stereocenters. The van der Waals surface area contributed by atoms with Crippen LogP contribution in [0.25, 0.3) is 0 Å². The SMILES string of the molecule is O=C(O)c1ccncc1NC(=O)C1CC2CCC1C2. The minimum atomic E-state index is -1.05. The molecule has 3 unspecified atom stereocenters. The first-order valence-corrected chi connectivity index (χ1v) is 6.63. The maximum Gasteiger partial charge on any atom is 0.337 e. The maximum atomic E-state index is 12.2. The van der Waals surface area contributed by atoms with Crippen LogP contribution in [0.15, 0.2) is 18.5 Å². The summed E-state index contributed by atoms with van der Waals surface area (Å²) in [5.74, 6) is 0.109. The van der Waals surface area contributed by atoms with E-state index in [9.17, 15) is 9.59 Å². The van der Waals surface area contributed by atoms with Crippen LogP contribution in [0.2, 0.25) is 0 Å². The normalized spacial score (nSPS) is 28.3. The zero-order valence-corrected chi connectivity index (χ0v) is 10.5. The van der Waals surface area contributed by atoms with Gasteiger partial charge < -0.3 is 10.4 Å². The van der Waals surface area contributed by atoms with E-state index < -0.39 is 5.97 Å². The second-order valence-electron chi connectivity index (χ2n) is 5.50. The lowest BCUT2D eigenvalue weighted by Crippen LogP contribution is -2.28. The fourth-order valence-corrected chi connectivity index (χ4v) is 3.47. The molecule has 1 heterocycles. The third kappa shape index (κ3) is 2.20. The molecule has 2 N–H and O–H groups in total. The van der Waals surface area contributed by atoms with E-state index in [1.807, 2.05) is 0 Å². The molecular formula is C14H16N2O3. The minimum absolute atomic E-state index is 0.0422. The molecule has 2 aliphatic rings. The zero-order chi connectivity index (χ0) is 13.4. The molecule has 5 nitrogen and oxygen atoms in total. The molecule has 5 heteroatoms. The quantitative estimate of drug-likeness (QED) is 0.872. The zero-order valence-electron chi connectivity index (χ0n) is 10.5. The number of nitrogens with one attached hydrogen (secondary N) is 1. The van der Waals surface area contributed by atoms with Crippen LogP contribution in [0.5, 0.6) is 0 Å². The highest BCUT2D eigenvalue weighted by molar-refractivity contribution is 6.01. The Morgan fingerprint density at radius 1 is 1.32 bits per heavy atom. The summed E-state index contributed by atoms with van der Waals surface area (Å²) in [5.41, 5.74) is 0.384. The van der Waals surface area contributed by atoms with E-state index in [0.29, 0.717) is 17.5 Å². The molecule has 3 rings (SSSR count). The number of fused-ring (bicyclic) bond motifs is 2. The van der Waals surface area contributed by atoms with Crippen LogP contribution in [0.4, 0.5) is 5.69 Å². The number of anilines is 1. The molecule has 1 aromatic heterocycles. The average molecular weight is 260 g/mol. The second-order valence-corrected chi connectivity index (χ2v) is 5.50. The number of carbonyl (C=O) groups excluding carboxylic acids is 1. The number of pyridine rings is 1. The maximum absolute atomic E-state index is 12.2. The summed E-state index contributed by atoms with van der Waals surface area (Å²) in [5, 5.41) is 11.8. The Balaban J connectivity index is 1.75. The van der Waals surface area contributed by atoms with Gasteiger partial charge in [-0.3, -0.25) is 9.78 Å². The summed E-state index contributed by atoms with van der Waals surface area (Å²) in [6.45, 7) is 0. The Morgan fingerprint density at radius 3 is 2.79 bits per heavy atom. The van der Waals surface area contributed by atoms with Gasteiger partial charge in [0.25, 0.3) is 0 Å². The molecule has 2 aliphatic carbocycles. The van der Waals surface area contributed by atoms with Crippen LogP contribution < -0.4 is 5.32 Å². The first kappa shape index (κ1) is 12.1. The van der Waals surface area contributed by atoms with Crippen molar-refractivity contribution in [2.24, 2.45) is 17.8 Å². The Bertz CT molecular complexity index is 529. The van der Waals surface area contributed by atoms with Crippen LogP contribution in [0, 0.1) is 17.8 Å². The molecule has 0 radical (unpaired) electrons. The summed E-state index contributed by atoms with van der Waals surface area (Å²) in [6.07, 6.45) is 7.27. The van der Waals surface area contributed by atoms with Gasteiger partial charge in [0, 0.05) is 12.1 Å². The van der Waals surface area contributed by atoms with E-state index in [4.69, 9.17) is 5.11 Å². The fourth-order valence-electron chi connectivity index (χ4n) is 3.47. The van der Waals surface area contributed by atoms with Gasteiger partial charge in [-0.15, -0.1) is 0 Å². The van der Waals surface area contributed by atoms with E-state index in [2.05, 4.69) is 10.3 Å². The lowest BCUT2D eigenvalue weighted by Gasteiger charge is -2.21. The van der Waals surface area contributed by atoms with Crippen molar-refractivity contribution >= 4 is 17.6 Å². The first-order valence-electron chi connectivity index (χ1n) is 6.63. The van der Waals surface area contributed by atoms with Crippen LogP contribution in [-0.2, 0) is 4.79 Å². The van der Waals surface area contributed by atoms with Gasteiger partial charge in [0.15, 0.2) is 0 Å². The molecule has 2 fully saturated rings. The molecule has 2 bridgehead atoms. The third-order valence-electron chi connectivity index (χ3n) is 4.38. The predicted octanol–water partition coefficient (Wildman–Crippen LogP) is 2.15. The smallest absolute Gasteiger partial charge is 0.337 e. The molecular weight excluding hydrogens is 244 g/mol. The molecule has 1 amide bonds. The molecule has 0 spiro atoms. The molecule has 1 aromatic rings. The minimum Gasteiger partial charge on any atom is -0.478 e. The van der Waals surface area contributed by atoms with Crippen molar-refractivity contribution < 1.29 is 14.7 Å². The van der Waals surface area contributed by atoms with Gasteiger partial charge in [-0.25, -0.2) is 4.79 Å². The summed E-state index contributed by atoms with van der Waals surface area (Å²) < 4.78 is 0. The van der Waals surface area contributed by atoms with E-state index in [0.717, 1.165) is 19.3 Å². The number of nitrogens with zero attached hydrogens (tertiary/aromatic N) is 1. The number of carboxylic acid groups (broad SMARTS) is 1. The number of carbonyl (C=O) groups is 2. The number of carboxylic acids is 1. The Morgan fingerprint density at radius 2 is 2.16 bits per heavy atom. The number of aromatic carboxylic acids is 1. The Labute approximate surface area is 111 Å². The number of rotatable bonds is 3. The molecule has 0 aliphatic heterocycles. The van der Waals surface area contributed by atoms with Crippen molar-refractivity contribution in [3.05, 3.63) is 24.0 Å². The monoisotopic (exact) mass is 260 g/mol. The first-order chi connectivity index (χ1) is 9.15. The van der Waals surface area contributed by atoms with Crippen molar-refractivity contribution in [1.82, 2.24) is 4.98 Å². The molecule has 100 valence electrons. The summed E-state index contributed by atoms with van der Waals surface area (Å²) >= 11 is 0. The van der Waals surface area contributed by atoms with E-state index in [1.54, 1.807) is 0 Å². The highest BCUT2D eigenvalue weighted by Gasteiger charge is 2.43. The van der Waals surface area contributed by atoms with Crippen molar-refractivity contribution in [3.63, 3.8) is 0 Å². The van der Waals surface area contributed by atoms with E-state index >= 15 is 0 Å². The van der Waals surface area contributed by atoms with Crippen molar-refractivity contribution in [1.29, 1.82) is 0 Å². The fraction of sp³-hybridized carbons (Fsp3) is 0.500. The van der Waals surface area contributed by atoms with Crippen molar-refractivity contribution in [2.45, 2.75) is 25.7 Å². The van der Waals surface area contributed by atoms with Crippen molar-refractivity contribution in [3.8, 4) is 0 Å². The van der Waals surface area contributed by atoms with Gasteiger partial charge in [0.1, 0.15) is 0 Å².